The number of carbonyl (C=O) groups is 1. The fourth-order valence-electron chi connectivity index (χ4n) is 12.2. The quantitative estimate of drug-likeness (QED) is 0.0924. The zero-order chi connectivity index (χ0) is 45.6. The van der Waals surface area contributed by atoms with Gasteiger partial charge in [0.2, 0.25) is 0 Å². The molecule has 0 radical (unpaired) electrons. The molecule has 6 aliphatic heterocycles. The number of hydrogen-bond acceptors (Lipinski definition) is 5. The van der Waals surface area contributed by atoms with Gasteiger partial charge in [0.1, 0.15) is 36.7 Å². The van der Waals surface area contributed by atoms with Crippen molar-refractivity contribution >= 4 is 5.97 Å². The van der Waals surface area contributed by atoms with Gasteiger partial charge in [-0.3, -0.25) is 0 Å². The molecule has 68 heavy (non-hydrogen) atoms. The molecule has 358 valence electrons. The van der Waals surface area contributed by atoms with Crippen molar-refractivity contribution in [3.05, 3.63) is 215 Å². The van der Waals surface area contributed by atoms with Gasteiger partial charge < -0.3 is 62.6 Å². The van der Waals surface area contributed by atoms with Crippen LogP contribution in [0.25, 0.3) is 0 Å². The number of carbonyl (C=O) groups excluding carboxylic acids is 1. The number of nitrogens with zero attached hydrogens (tertiary/aromatic N) is 2. The van der Waals surface area contributed by atoms with E-state index in [1.165, 1.54) is 12.1 Å². The second-order valence-corrected chi connectivity index (χ2v) is 19.6. The molecule has 12 rings (SSSR count). The van der Waals surface area contributed by atoms with Crippen molar-refractivity contribution in [2.45, 2.75) is 56.3 Å². The highest BCUT2D eigenvalue weighted by molar-refractivity contribution is 5.89. The summed E-state index contributed by atoms with van der Waals surface area (Å²) in [4.78, 5) is 12.3. The molecule has 2 N–H and O–H groups in total. The van der Waals surface area contributed by atoms with Crippen LogP contribution in [0.2, 0.25) is 0 Å². The Morgan fingerprint density at radius 2 is 0.809 bits per heavy atom. The van der Waals surface area contributed by atoms with Crippen LogP contribution in [-0.4, -0.2) is 90.7 Å². The number of halogens is 3. The Bertz CT molecular complexity index is 2370. The van der Waals surface area contributed by atoms with Crippen LogP contribution < -0.4 is 34.0 Å². The predicted molar refractivity (Wildman–Crippen MR) is 257 cm³/mol. The van der Waals surface area contributed by atoms with Crippen LogP contribution in [0.15, 0.2) is 176 Å². The minimum atomic E-state index is -1.01. The van der Waals surface area contributed by atoms with E-state index in [0.29, 0.717) is 25.4 Å². The average molecular weight is 1050 g/mol. The van der Waals surface area contributed by atoms with E-state index in [9.17, 15) is 19.4 Å². The van der Waals surface area contributed by atoms with Gasteiger partial charge in [-0.05, 0) is 52.1 Å². The smallest absolute Gasteiger partial charge is 0.338 e. The normalized spacial score (nSPS) is 23.8. The lowest BCUT2D eigenvalue weighted by Gasteiger charge is -2.60. The first-order chi connectivity index (χ1) is 32.1. The molecule has 6 aliphatic rings. The highest BCUT2D eigenvalue weighted by Crippen LogP contribution is 2.59. The van der Waals surface area contributed by atoms with E-state index >= 15 is 0 Å². The largest absolute Gasteiger partial charge is 1.00 e. The summed E-state index contributed by atoms with van der Waals surface area (Å²) in [5.74, 6) is -0.465. The summed E-state index contributed by atoms with van der Waals surface area (Å²) in [6.45, 7) is 9.71. The number of rotatable bonds is 15. The number of aliphatic hydroxyl groups is 2. The Kier molecular flexibility index (Phi) is 16.6. The van der Waals surface area contributed by atoms with Crippen molar-refractivity contribution in [3.8, 4) is 0 Å². The standard InChI is InChI=1S/C29H33FNO2.C29H32NO3.2BrH/c30-27-13-11-24(12-14-27)23-33-22-21-31-18-15-28(16-19-31,17-20-31)29(32,25-7-3-1-4-8-25)26-9-5-2-6-10-26;31-27(24-10-4-1-5-11-24)33-23-22-30-19-16-28(17-20-30,18-21-30)29(32,25-12-6-2-7-13-25)26-14-8-3-9-15-26;;/h1-14,32H,15-23H2;1-15,32H,16-23H2;2*1H/q2*+1;;/p-2. The molecule has 0 unspecified atom stereocenters. The van der Waals surface area contributed by atoms with Crippen LogP contribution in [0.5, 0.6) is 0 Å². The molecule has 10 heteroatoms. The maximum absolute atomic E-state index is 13.1. The van der Waals surface area contributed by atoms with Gasteiger partial charge in [0.25, 0.3) is 0 Å². The van der Waals surface area contributed by atoms with E-state index in [4.69, 9.17) is 9.47 Å². The van der Waals surface area contributed by atoms with Crippen LogP contribution in [0.3, 0.4) is 0 Å². The van der Waals surface area contributed by atoms with Gasteiger partial charge in [0.05, 0.1) is 58.0 Å². The Morgan fingerprint density at radius 1 is 0.485 bits per heavy atom. The zero-order valence-electron chi connectivity index (χ0n) is 38.9. The minimum absolute atomic E-state index is 0. The summed E-state index contributed by atoms with van der Waals surface area (Å²) in [6.07, 6.45) is 5.89. The third kappa shape index (κ3) is 10.2. The van der Waals surface area contributed by atoms with E-state index in [-0.39, 0.29) is 56.6 Å². The summed E-state index contributed by atoms with van der Waals surface area (Å²) < 4.78 is 26.7. The van der Waals surface area contributed by atoms with Crippen LogP contribution in [-0.2, 0) is 27.3 Å². The fourth-order valence-corrected chi connectivity index (χ4v) is 12.2. The Labute approximate surface area is 423 Å². The molecule has 6 fully saturated rings. The van der Waals surface area contributed by atoms with Crippen LogP contribution in [0.4, 0.5) is 4.39 Å². The van der Waals surface area contributed by atoms with Gasteiger partial charge in [0.15, 0.2) is 0 Å². The number of fused-ring (bicyclic) bond motifs is 6. The third-order valence-electron chi connectivity index (χ3n) is 16.4. The van der Waals surface area contributed by atoms with Crippen molar-refractivity contribution in [3.63, 3.8) is 0 Å². The molecular weight excluding hydrogens is 983 g/mol. The first kappa shape index (κ1) is 51.3. The summed E-state index contributed by atoms with van der Waals surface area (Å²) >= 11 is 0. The number of piperidine rings is 6. The maximum Gasteiger partial charge on any atom is 0.338 e. The van der Waals surface area contributed by atoms with Crippen molar-refractivity contribution in [1.82, 2.24) is 0 Å². The van der Waals surface area contributed by atoms with Crippen LogP contribution in [0, 0.1) is 16.6 Å². The van der Waals surface area contributed by atoms with E-state index in [1.54, 1.807) is 24.3 Å². The topological polar surface area (TPSA) is 76.0 Å². The highest BCUT2D eigenvalue weighted by Gasteiger charge is 2.61. The lowest BCUT2D eigenvalue weighted by Crippen LogP contribution is -3.00. The number of benzene rings is 6. The second kappa shape index (κ2) is 22.1. The third-order valence-corrected chi connectivity index (χ3v) is 16.4. The van der Waals surface area contributed by atoms with E-state index in [0.717, 1.165) is 128 Å². The molecule has 4 bridgehead atoms. The van der Waals surface area contributed by atoms with Gasteiger partial charge in [-0.15, -0.1) is 0 Å². The van der Waals surface area contributed by atoms with Gasteiger partial charge in [-0.25, -0.2) is 9.18 Å². The van der Waals surface area contributed by atoms with Crippen LogP contribution in [0.1, 0.15) is 76.7 Å². The number of esters is 1. The molecule has 0 amide bonds. The SMILES string of the molecule is O=C(OCC[N+]12CCC(C(O)(c3ccccc3)c3ccccc3)(CC1)CC2)c1ccccc1.OC(c1ccccc1)(c1ccccc1)C12CC[N+](CCOCc3ccc(F)cc3)(CC1)CC2.[Br-].[Br-]. The predicted octanol–water partition coefficient (Wildman–Crippen LogP) is 4.07. The molecule has 0 aliphatic carbocycles. The lowest BCUT2D eigenvalue weighted by atomic mass is 9.56. The summed E-state index contributed by atoms with van der Waals surface area (Å²) in [5, 5.41) is 24.9. The van der Waals surface area contributed by atoms with Gasteiger partial charge in [-0.2, -0.15) is 0 Å². The summed E-state index contributed by atoms with van der Waals surface area (Å²) in [6, 6.07) is 56.6. The van der Waals surface area contributed by atoms with Gasteiger partial charge in [-0.1, -0.05) is 152 Å². The molecule has 6 aromatic rings. The molecule has 0 aromatic heterocycles. The number of ether oxygens (including phenoxy) is 2. The van der Waals surface area contributed by atoms with E-state index < -0.39 is 11.2 Å². The highest BCUT2D eigenvalue weighted by atomic mass is 79.9. The molecule has 7 nitrogen and oxygen atoms in total. The van der Waals surface area contributed by atoms with Gasteiger partial charge in [0, 0.05) is 49.4 Å². The first-order valence-electron chi connectivity index (χ1n) is 24.0. The van der Waals surface area contributed by atoms with Crippen LogP contribution >= 0.6 is 0 Å². The van der Waals surface area contributed by atoms with Crippen molar-refractivity contribution in [2.75, 3.05) is 65.6 Å². The van der Waals surface area contributed by atoms with Crippen molar-refractivity contribution in [2.24, 2.45) is 10.8 Å². The Morgan fingerprint density at radius 3 is 1.16 bits per heavy atom. The monoisotopic (exact) mass is 1050 g/mol. The average Bonchev–Trinajstić information content (AvgIpc) is 3.40. The minimum Gasteiger partial charge on any atom is -1.00 e. The lowest BCUT2D eigenvalue weighted by molar-refractivity contribution is -0.946. The molecular formula is C58H65Br2FN2O5. The van der Waals surface area contributed by atoms with E-state index in [2.05, 4.69) is 48.5 Å². The summed E-state index contributed by atoms with van der Waals surface area (Å²) in [5.41, 5.74) is 3.25. The maximum atomic E-state index is 13.1. The number of hydrogen-bond donors (Lipinski definition) is 2. The Hall–Kier alpha value is -4.52. The van der Waals surface area contributed by atoms with E-state index in [1.807, 2.05) is 91.0 Å². The first-order valence-corrected chi connectivity index (χ1v) is 24.0. The molecule has 0 atom stereocenters. The second-order valence-electron chi connectivity index (χ2n) is 19.6. The molecule has 6 heterocycles. The fraction of sp³-hybridized carbons (Fsp3) is 0.362. The van der Waals surface area contributed by atoms with Crippen molar-refractivity contribution in [1.29, 1.82) is 0 Å². The summed E-state index contributed by atoms with van der Waals surface area (Å²) in [7, 11) is 0. The Balaban J connectivity index is 0.000000196. The van der Waals surface area contributed by atoms with Gasteiger partial charge >= 0.3 is 5.97 Å². The molecule has 0 saturated carbocycles. The number of quaternary nitrogens is 2. The molecule has 6 saturated heterocycles. The van der Waals surface area contributed by atoms with Crippen molar-refractivity contribution < 1.29 is 71.8 Å². The molecule has 0 spiro atoms. The zero-order valence-corrected chi connectivity index (χ0v) is 42.1. The molecule has 6 aromatic carbocycles.